The molecule has 0 radical (unpaired) electrons. The fourth-order valence-corrected chi connectivity index (χ4v) is 3.26. The van der Waals surface area contributed by atoms with Crippen molar-refractivity contribution in [2.24, 2.45) is 0 Å². The molecule has 0 spiro atoms. The number of pyridine rings is 2. The molecule has 132 valence electrons. The summed E-state index contributed by atoms with van der Waals surface area (Å²) in [5.74, 6) is 0.673. The number of rotatable bonds is 3. The van der Waals surface area contributed by atoms with E-state index in [4.69, 9.17) is 9.97 Å². The highest BCUT2D eigenvalue weighted by atomic mass is 15.4. The van der Waals surface area contributed by atoms with E-state index in [0.717, 1.165) is 39.5 Å². The van der Waals surface area contributed by atoms with E-state index in [1.807, 2.05) is 47.3 Å². The lowest BCUT2D eigenvalue weighted by molar-refractivity contribution is 0.851. The van der Waals surface area contributed by atoms with Gasteiger partial charge in [0.2, 0.25) is 0 Å². The molecule has 0 atom stereocenters. The molecule has 5 heterocycles. The summed E-state index contributed by atoms with van der Waals surface area (Å²) in [4.78, 5) is 9.46. The Balaban J connectivity index is 1.59. The molecule has 0 saturated carbocycles. The van der Waals surface area contributed by atoms with Crippen molar-refractivity contribution in [2.75, 3.05) is 0 Å². The van der Waals surface area contributed by atoms with Crippen LogP contribution < -0.4 is 0 Å². The van der Waals surface area contributed by atoms with Crippen LogP contribution in [-0.4, -0.2) is 34.3 Å². The number of hydrogen-bond acceptors (Lipinski definition) is 4. The van der Waals surface area contributed by atoms with E-state index < -0.39 is 0 Å². The average Bonchev–Trinajstić information content (AvgIpc) is 3.41. The average molecular weight is 355 g/mol. The lowest BCUT2D eigenvalue weighted by atomic mass is 10.1. The fourth-order valence-electron chi connectivity index (χ4n) is 3.26. The van der Waals surface area contributed by atoms with Crippen molar-refractivity contribution in [3.05, 3.63) is 72.4 Å². The van der Waals surface area contributed by atoms with Crippen LogP contribution in [0.5, 0.6) is 0 Å². The minimum Gasteiger partial charge on any atom is -0.286 e. The molecule has 27 heavy (non-hydrogen) atoms. The Bertz CT molecular complexity index is 1230. The summed E-state index contributed by atoms with van der Waals surface area (Å²) in [6.07, 6.45) is 5.52. The van der Waals surface area contributed by atoms with E-state index in [9.17, 15) is 0 Å². The van der Waals surface area contributed by atoms with E-state index in [-0.39, 0.29) is 0 Å². The van der Waals surface area contributed by atoms with E-state index >= 15 is 0 Å². The summed E-state index contributed by atoms with van der Waals surface area (Å²) in [5.41, 5.74) is 6.71. The first-order chi connectivity index (χ1) is 13.2. The smallest absolute Gasteiger partial charge is 0.254 e. The Morgan fingerprint density at radius 2 is 1.67 bits per heavy atom. The number of fused-ring (bicyclic) bond motifs is 1. The highest BCUT2D eigenvalue weighted by molar-refractivity contribution is 5.67. The fraction of sp³-hybridized carbons (Fsp3) is 0.100. The molecular weight excluding hydrogens is 338 g/mol. The Hall–Kier alpha value is -3.74. The van der Waals surface area contributed by atoms with Gasteiger partial charge < -0.3 is 0 Å². The number of nitrogens with zero attached hydrogens (tertiary/aromatic N) is 6. The monoisotopic (exact) mass is 355 g/mol. The number of aromatic amines is 1. The molecule has 5 aromatic rings. The quantitative estimate of drug-likeness (QED) is 0.536. The van der Waals surface area contributed by atoms with Crippen LogP contribution in [0.2, 0.25) is 0 Å². The standard InChI is InChI=1S/C20H17N7/c1-13-6-7-14(2)27(13)20-24-19-10-15(8-9-26(19)25-20)17-4-3-5-18(23-17)16-11-21-22-12-16/h3-12H,1-2H3,(H,21,22). The highest BCUT2D eigenvalue weighted by Gasteiger charge is 2.11. The van der Waals surface area contributed by atoms with Crippen molar-refractivity contribution in [2.45, 2.75) is 13.8 Å². The third kappa shape index (κ3) is 2.60. The first-order valence-electron chi connectivity index (χ1n) is 8.67. The van der Waals surface area contributed by atoms with Gasteiger partial charge >= 0.3 is 0 Å². The van der Waals surface area contributed by atoms with E-state index in [0.29, 0.717) is 5.95 Å². The molecule has 0 saturated heterocycles. The van der Waals surface area contributed by atoms with Crippen molar-refractivity contribution < 1.29 is 0 Å². The van der Waals surface area contributed by atoms with Gasteiger partial charge in [-0.1, -0.05) is 6.07 Å². The molecule has 0 aliphatic rings. The molecule has 0 bridgehead atoms. The molecule has 0 unspecified atom stereocenters. The topological polar surface area (TPSA) is 76.7 Å². The summed E-state index contributed by atoms with van der Waals surface area (Å²) in [6.45, 7) is 4.10. The van der Waals surface area contributed by atoms with Gasteiger partial charge in [0.1, 0.15) is 0 Å². The maximum Gasteiger partial charge on any atom is 0.254 e. The first-order valence-corrected chi connectivity index (χ1v) is 8.67. The van der Waals surface area contributed by atoms with Crippen LogP contribution in [0, 0.1) is 13.8 Å². The van der Waals surface area contributed by atoms with Gasteiger partial charge in [-0.2, -0.15) is 10.1 Å². The summed E-state index contributed by atoms with van der Waals surface area (Å²) in [7, 11) is 0. The van der Waals surface area contributed by atoms with Crippen molar-refractivity contribution in [1.29, 1.82) is 0 Å². The van der Waals surface area contributed by atoms with Crippen LogP contribution in [0.4, 0.5) is 0 Å². The second-order valence-corrected chi connectivity index (χ2v) is 6.48. The second kappa shape index (κ2) is 5.91. The van der Waals surface area contributed by atoms with Crippen molar-refractivity contribution in [3.63, 3.8) is 0 Å². The molecule has 0 amide bonds. The van der Waals surface area contributed by atoms with Crippen LogP contribution in [0.25, 0.3) is 34.1 Å². The molecule has 0 aromatic carbocycles. The lowest BCUT2D eigenvalue weighted by Crippen LogP contribution is -2.01. The van der Waals surface area contributed by atoms with Gasteiger partial charge in [-0.3, -0.25) is 9.67 Å². The third-order valence-electron chi connectivity index (χ3n) is 4.64. The zero-order chi connectivity index (χ0) is 18.4. The van der Waals surface area contributed by atoms with Gasteiger partial charge in [-0.25, -0.2) is 9.50 Å². The molecule has 0 aliphatic carbocycles. The van der Waals surface area contributed by atoms with Gasteiger partial charge in [0.25, 0.3) is 5.95 Å². The van der Waals surface area contributed by atoms with Crippen LogP contribution >= 0.6 is 0 Å². The van der Waals surface area contributed by atoms with E-state index in [1.54, 1.807) is 10.7 Å². The maximum absolute atomic E-state index is 4.75. The van der Waals surface area contributed by atoms with Gasteiger partial charge in [0, 0.05) is 34.9 Å². The van der Waals surface area contributed by atoms with Crippen LogP contribution in [0.3, 0.4) is 0 Å². The minimum absolute atomic E-state index is 0.673. The summed E-state index contributed by atoms with van der Waals surface area (Å²) >= 11 is 0. The molecule has 7 heteroatoms. The number of aromatic nitrogens is 7. The predicted octanol–water partition coefficient (Wildman–Crippen LogP) is 3.59. The molecule has 5 rings (SSSR count). The van der Waals surface area contributed by atoms with Crippen LogP contribution in [0.15, 0.2) is 61.1 Å². The van der Waals surface area contributed by atoms with Crippen LogP contribution in [0.1, 0.15) is 11.4 Å². The predicted molar refractivity (Wildman–Crippen MR) is 103 cm³/mol. The summed E-state index contributed by atoms with van der Waals surface area (Å²) in [6, 6.07) is 14.1. The van der Waals surface area contributed by atoms with Crippen molar-refractivity contribution >= 4 is 5.65 Å². The Kier molecular flexibility index (Phi) is 3.39. The summed E-state index contributed by atoms with van der Waals surface area (Å²) < 4.78 is 3.84. The molecule has 0 fully saturated rings. The molecule has 7 nitrogen and oxygen atoms in total. The largest absolute Gasteiger partial charge is 0.286 e. The normalized spacial score (nSPS) is 11.3. The first kappa shape index (κ1) is 15.5. The number of H-pyrrole nitrogens is 1. The van der Waals surface area contributed by atoms with Gasteiger partial charge in [-0.15, -0.1) is 5.10 Å². The Morgan fingerprint density at radius 3 is 2.41 bits per heavy atom. The van der Waals surface area contributed by atoms with Gasteiger partial charge in [0.15, 0.2) is 5.65 Å². The van der Waals surface area contributed by atoms with E-state index in [1.165, 1.54) is 0 Å². The maximum atomic E-state index is 4.75. The third-order valence-corrected chi connectivity index (χ3v) is 4.64. The van der Waals surface area contributed by atoms with E-state index in [2.05, 4.69) is 41.3 Å². The second-order valence-electron chi connectivity index (χ2n) is 6.48. The molecule has 1 N–H and O–H groups in total. The number of hydrogen-bond donors (Lipinski definition) is 1. The Labute approximate surface area is 155 Å². The highest BCUT2D eigenvalue weighted by Crippen LogP contribution is 2.23. The molecule has 5 aromatic heterocycles. The lowest BCUT2D eigenvalue weighted by Gasteiger charge is -2.03. The Morgan fingerprint density at radius 1 is 0.889 bits per heavy atom. The van der Waals surface area contributed by atoms with Crippen molar-refractivity contribution in [1.82, 2.24) is 34.3 Å². The number of nitrogens with one attached hydrogen (secondary N) is 1. The number of aryl methyl sites for hydroxylation is 2. The SMILES string of the molecule is Cc1ccc(C)n1-c1nc2cc(-c3cccc(-c4cn[nH]c4)n3)ccn2n1. The summed E-state index contributed by atoms with van der Waals surface area (Å²) in [5, 5.41) is 11.4. The van der Waals surface area contributed by atoms with Gasteiger partial charge in [-0.05, 0) is 50.2 Å². The molecular formula is C20H17N7. The van der Waals surface area contributed by atoms with Crippen LogP contribution in [-0.2, 0) is 0 Å². The zero-order valence-corrected chi connectivity index (χ0v) is 15.0. The minimum atomic E-state index is 0.673. The molecule has 0 aliphatic heterocycles. The van der Waals surface area contributed by atoms with Crippen molar-refractivity contribution in [3.8, 4) is 28.5 Å². The van der Waals surface area contributed by atoms with Gasteiger partial charge in [0.05, 0.1) is 17.6 Å². The zero-order valence-electron chi connectivity index (χ0n) is 15.0.